The molecule has 0 bridgehead atoms. The molecular formula is C11H20F3N3O4S. The van der Waals surface area contributed by atoms with Gasteiger partial charge in [0.05, 0.1) is 24.4 Å². The van der Waals surface area contributed by atoms with Gasteiger partial charge in [-0.1, -0.05) is 0 Å². The van der Waals surface area contributed by atoms with Crippen LogP contribution in [0.25, 0.3) is 0 Å². The summed E-state index contributed by atoms with van der Waals surface area (Å²) in [5.41, 5.74) is -1.15. The fraction of sp³-hybridized carbons (Fsp3) is 0.909. The predicted molar refractivity (Wildman–Crippen MR) is 72.8 cm³/mol. The number of rotatable bonds is 4. The third-order valence-electron chi connectivity index (χ3n) is 3.03. The minimum Gasteiger partial charge on any atom is -0.359 e. The van der Waals surface area contributed by atoms with Gasteiger partial charge in [0, 0.05) is 6.54 Å². The van der Waals surface area contributed by atoms with Crippen LogP contribution in [0.15, 0.2) is 0 Å². The number of morpholine rings is 1. The zero-order chi connectivity index (χ0) is 17.2. The lowest BCUT2D eigenvalue weighted by Gasteiger charge is -2.43. The highest BCUT2D eigenvalue weighted by Gasteiger charge is 2.49. The molecule has 1 aliphatic heterocycles. The molecule has 0 unspecified atom stereocenters. The molecule has 0 aliphatic carbocycles. The van der Waals surface area contributed by atoms with E-state index in [9.17, 15) is 26.4 Å². The second-order valence-corrected chi connectivity index (χ2v) is 7.59. The number of carbonyl (C=O) groups excluding carboxylic acids is 1. The molecule has 1 aliphatic rings. The second kappa shape index (κ2) is 6.59. The number of amides is 2. The molecule has 0 aromatic carbocycles. The van der Waals surface area contributed by atoms with Crippen LogP contribution in [0.5, 0.6) is 0 Å². The van der Waals surface area contributed by atoms with E-state index in [1.165, 1.54) is 20.9 Å². The second-order valence-electron chi connectivity index (χ2n) is 5.54. The standard InChI is InChI=1S/C11H20F3N3O4S/c1-10(2)7-17(6-8(21-10)11(12,13)14)9(18)16-4-5-22(19,20)15-3/h8,15H,4-7H2,1-3H3,(H,16,18)/t8-/m1/s1. The first-order chi connectivity index (χ1) is 9.86. The predicted octanol–water partition coefficient (Wildman–Crippen LogP) is 0.287. The van der Waals surface area contributed by atoms with Crippen LogP contribution in [0.1, 0.15) is 13.8 Å². The van der Waals surface area contributed by atoms with Crippen molar-refractivity contribution >= 4 is 16.1 Å². The number of sulfonamides is 1. The van der Waals surface area contributed by atoms with Crippen LogP contribution in [0, 0.1) is 0 Å². The number of alkyl halides is 3. The van der Waals surface area contributed by atoms with Crippen LogP contribution in [0.4, 0.5) is 18.0 Å². The Bertz CT molecular complexity index is 507. The summed E-state index contributed by atoms with van der Waals surface area (Å²) < 4.78 is 67.8. The first-order valence-electron chi connectivity index (χ1n) is 6.55. The van der Waals surface area contributed by atoms with Crippen molar-refractivity contribution in [1.82, 2.24) is 14.9 Å². The molecule has 130 valence electrons. The van der Waals surface area contributed by atoms with Crippen molar-refractivity contribution in [3.8, 4) is 0 Å². The molecule has 1 saturated heterocycles. The van der Waals surface area contributed by atoms with E-state index >= 15 is 0 Å². The van der Waals surface area contributed by atoms with Crippen LogP contribution < -0.4 is 10.0 Å². The van der Waals surface area contributed by atoms with Crippen molar-refractivity contribution < 1.29 is 31.1 Å². The van der Waals surface area contributed by atoms with Crippen LogP contribution in [-0.2, 0) is 14.8 Å². The molecule has 2 amide bonds. The van der Waals surface area contributed by atoms with Gasteiger partial charge in [0.2, 0.25) is 10.0 Å². The lowest BCUT2D eigenvalue weighted by Crippen LogP contribution is -2.60. The Kier molecular flexibility index (Phi) is 5.68. The minimum absolute atomic E-state index is 0.0236. The average Bonchev–Trinajstić information content (AvgIpc) is 2.35. The van der Waals surface area contributed by atoms with Gasteiger partial charge < -0.3 is 15.0 Å². The van der Waals surface area contributed by atoms with E-state index in [-0.39, 0.29) is 18.8 Å². The van der Waals surface area contributed by atoms with Gasteiger partial charge in [0.25, 0.3) is 0 Å². The molecule has 1 heterocycles. The highest BCUT2D eigenvalue weighted by Crippen LogP contribution is 2.31. The summed E-state index contributed by atoms with van der Waals surface area (Å²) >= 11 is 0. The van der Waals surface area contributed by atoms with E-state index in [0.717, 1.165) is 4.90 Å². The Morgan fingerprint density at radius 1 is 1.41 bits per heavy atom. The van der Waals surface area contributed by atoms with Crippen molar-refractivity contribution in [3.05, 3.63) is 0 Å². The van der Waals surface area contributed by atoms with Gasteiger partial charge in [-0.25, -0.2) is 17.9 Å². The van der Waals surface area contributed by atoms with Gasteiger partial charge >= 0.3 is 12.2 Å². The fourth-order valence-corrected chi connectivity index (χ4v) is 2.59. The molecule has 2 N–H and O–H groups in total. The summed E-state index contributed by atoms with van der Waals surface area (Å²) in [6.07, 6.45) is -6.64. The van der Waals surface area contributed by atoms with Crippen LogP contribution >= 0.6 is 0 Å². The summed E-state index contributed by atoms with van der Waals surface area (Å²) in [6, 6.07) is -0.753. The van der Waals surface area contributed by atoms with E-state index in [1.807, 2.05) is 0 Å². The van der Waals surface area contributed by atoms with Gasteiger partial charge in [0.15, 0.2) is 6.10 Å². The molecule has 1 atom stereocenters. The first kappa shape index (κ1) is 19.0. The monoisotopic (exact) mass is 347 g/mol. The molecule has 11 heteroatoms. The van der Waals surface area contributed by atoms with E-state index in [1.54, 1.807) is 0 Å². The van der Waals surface area contributed by atoms with Crippen LogP contribution in [0.3, 0.4) is 0 Å². The third kappa shape index (κ3) is 5.61. The molecule has 0 spiro atoms. The lowest BCUT2D eigenvalue weighted by molar-refractivity contribution is -0.267. The molecular weight excluding hydrogens is 327 g/mol. The van der Waals surface area contributed by atoms with Gasteiger partial charge in [-0.05, 0) is 20.9 Å². The molecule has 0 radical (unpaired) electrons. The smallest absolute Gasteiger partial charge is 0.359 e. The Balaban J connectivity index is 2.64. The van der Waals surface area contributed by atoms with Crippen molar-refractivity contribution in [2.24, 2.45) is 0 Å². The number of urea groups is 1. The van der Waals surface area contributed by atoms with Gasteiger partial charge in [-0.15, -0.1) is 0 Å². The van der Waals surface area contributed by atoms with Crippen molar-refractivity contribution in [1.29, 1.82) is 0 Å². The zero-order valence-corrected chi connectivity index (χ0v) is 13.3. The summed E-state index contributed by atoms with van der Waals surface area (Å²) in [6.45, 7) is 2.06. The minimum atomic E-state index is -4.58. The molecule has 22 heavy (non-hydrogen) atoms. The lowest BCUT2D eigenvalue weighted by atomic mass is 10.1. The van der Waals surface area contributed by atoms with Gasteiger partial charge in [-0.2, -0.15) is 13.2 Å². The molecule has 1 rings (SSSR count). The van der Waals surface area contributed by atoms with Crippen LogP contribution in [0.2, 0.25) is 0 Å². The highest BCUT2D eigenvalue weighted by atomic mass is 32.2. The number of halogens is 3. The maximum atomic E-state index is 12.8. The third-order valence-corrected chi connectivity index (χ3v) is 4.39. The molecule has 0 saturated carbocycles. The Morgan fingerprint density at radius 3 is 2.50 bits per heavy atom. The zero-order valence-electron chi connectivity index (χ0n) is 12.5. The number of carbonyl (C=O) groups is 1. The number of nitrogens with one attached hydrogen (secondary N) is 2. The van der Waals surface area contributed by atoms with E-state index in [0.29, 0.717) is 0 Å². The number of nitrogens with zero attached hydrogens (tertiary/aromatic N) is 1. The van der Waals surface area contributed by atoms with Crippen LogP contribution in [-0.4, -0.2) is 69.7 Å². The Hall–Kier alpha value is -1.07. The van der Waals surface area contributed by atoms with Crippen molar-refractivity contribution in [3.63, 3.8) is 0 Å². The summed E-state index contributed by atoms with van der Waals surface area (Å²) in [5, 5.41) is 2.30. The number of hydrogen-bond donors (Lipinski definition) is 2. The molecule has 1 fully saturated rings. The normalized spacial score (nSPS) is 22.5. The molecule has 0 aromatic rings. The molecule has 0 aromatic heterocycles. The SMILES string of the molecule is CNS(=O)(=O)CCNC(=O)N1C[C@H](C(F)(F)F)OC(C)(C)C1. The maximum absolute atomic E-state index is 12.8. The van der Waals surface area contributed by atoms with Gasteiger partial charge in [0.1, 0.15) is 0 Å². The molecule has 7 nitrogen and oxygen atoms in total. The average molecular weight is 347 g/mol. The fourth-order valence-electron chi connectivity index (χ4n) is 2.02. The van der Waals surface area contributed by atoms with Crippen molar-refractivity contribution in [2.75, 3.05) is 32.4 Å². The highest BCUT2D eigenvalue weighted by molar-refractivity contribution is 7.89. The summed E-state index contributed by atoms with van der Waals surface area (Å²) in [5.74, 6) is -0.355. The topological polar surface area (TPSA) is 87.7 Å². The van der Waals surface area contributed by atoms with E-state index in [4.69, 9.17) is 4.74 Å². The Labute approximate surface area is 127 Å². The summed E-state index contributed by atoms with van der Waals surface area (Å²) in [4.78, 5) is 12.9. The first-order valence-corrected chi connectivity index (χ1v) is 8.20. The quantitative estimate of drug-likeness (QED) is 0.765. The van der Waals surface area contributed by atoms with Crippen molar-refractivity contribution in [2.45, 2.75) is 31.7 Å². The number of hydrogen-bond acceptors (Lipinski definition) is 4. The Morgan fingerprint density at radius 2 is 2.00 bits per heavy atom. The van der Waals surface area contributed by atoms with E-state index < -0.39 is 40.5 Å². The maximum Gasteiger partial charge on any atom is 0.416 e. The van der Waals surface area contributed by atoms with E-state index in [2.05, 4.69) is 10.0 Å². The number of ether oxygens (including phenoxy) is 1. The van der Waals surface area contributed by atoms with Gasteiger partial charge in [-0.3, -0.25) is 0 Å². The largest absolute Gasteiger partial charge is 0.416 e. The summed E-state index contributed by atoms with van der Waals surface area (Å²) in [7, 11) is -2.26.